The molecule has 0 fully saturated rings. The molecule has 0 bridgehead atoms. The maximum Gasteiger partial charge on any atom is 0.283 e. The minimum absolute atomic E-state index is 0.468. The van der Waals surface area contributed by atoms with Crippen LogP contribution in [0.2, 0.25) is 0 Å². The highest BCUT2D eigenvalue weighted by Crippen LogP contribution is 2.15. The van der Waals surface area contributed by atoms with E-state index < -0.39 is 17.5 Å². The van der Waals surface area contributed by atoms with Crippen LogP contribution in [0.3, 0.4) is 0 Å². The van der Waals surface area contributed by atoms with Crippen molar-refractivity contribution >= 4 is 60.8 Å². The van der Waals surface area contributed by atoms with E-state index in [-0.39, 0.29) is 0 Å². The maximum atomic E-state index is 12.0. The van der Waals surface area contributed by atoms with Gasteiger partial charge in [-0.3, -0.25) is 9.59 Å². The number of amides is 2. The van der Waals surface area contributed by atoms with Gasteiger partial charge in [-0.25, -0.2) is 0 Å². The topological polar surface area (TPSA) is 90.8 Å². The largest absolute Gasteiger partial charge is 0.410 e. The molecule has 8 heteroatoms. The number of carbonyl (C=O) groups excluding carboxylic acids is 2. The van der Waals surface area contributed by atoms with Gasteiger partial charge in [0.1, 0.15) is 0 Å². The summed E-state index contributed by atoms with van der Waals surface area (Å²) in [5.41, 5.74) is 0.294. The van der Waals surface area contributed by atoms with Crippen molar-refractivity contribution in [1.82, 2.24) is 0 Å². The molecule has 3 N–H and O–H groups in total. The average molecular weight is 441 g/mol. The van der Waals surface area contributed by atoms with E-state index in [1.807, 2.05) is 0 Å². The van der Waals surface area contributed by atoms with E-state index in [2.05, 4.69) is 47.6 Å². The van der Waals surface area contributed by atoms with Crippen LogP contribution in [-0.2, 0) is 9.59 Å². The number of nitrogens with one attached hydrogen (secondary N) is 2. The molecule has 0 atom stereocenters. The summed E-state index contributed by atoms with van der Waals surface area (Å²) >= 11 is 6.55. The SMILES string of the molecule is O=C(Nc1ccc(Br)cc1)C(=NO)C(=O)Nc1ccc(Br)cc1. The van der Waals surface area contributed by atoms with Crippen molar-refractivity contribution in [2.45, 2.75) is 0 Å². The highest BCUT2D eigenvalue weighted by atomic mass is 79.9. The Morgan fingerprint density at radius 3 is 1.43 bits per heavy atom. The van der Waals surface area contributed by atoms with Gasteiger partial charge in [0.25, 0.3) is 11.8 Å². The van der Waals surface area contributed by atoms with Crippen molar-refractivity contribution in [3.05, 3.63) is 57.5 Å². The molecule has 118 valence electrons. The van der Waals surface area contributed by atoms with Crippen LogP contribution in [0.25, 0.3) is 0 Å². The van der Waals surface area contributed by atoms with Gasteiger partial charge in [0, 0.05) is 20.3 Å². The number of halogens is 2. The van der Waals surface area contributed by atoms with E-state index in [1.165, 1.54) is 0 Å². The molecule has 2 amide bonds. The molecule has 2 rings (SSSR count). The number of hydrogen-bond donors (Lipinski definition) is 3. The number of hydrogen-bond acceptors (Lipinski definition) is 4. The Kier molecular flexibility index (Phi) is 5.89. The zero-order chi connectivity index (χ0) is 16.8. The first kappa shape index (κ1) is 17.2. The lowest BCUT2D eigenvalue weighted by atomic mass is 10.2. The van der Waals surface area contributed by atoms with Crippen LogP contribution < -0.4 is 10.6 Å². The summed E-state index contributed by atoms with van der Waals surface area (Å²) in [4.78, 5) is 24.1. The van der Waals surface area contributed by atoms with Gasteiger partial charge in [0.2, 0.25) is 5.71 Å². The lowest BCUT2D eigenvalue weighted by Crippen LogP contribution is -2.34. The second-order valence-electron chi connectivity index (χ2n) is 4.37. The zero-order valence-electron chi connectivity index (χ0n) is 11.6. The van der Waals surface area contributed by atoms with Crippen LogP contribution in [0.1, 0.15) is 0 Å². The first-order valence-electron chi connectivity index (χ1n) is 6.35. The highest BCUT2D eigenvalue weighted by Gasteiger charge is 2.21. The lowest BCUT2D eigenvalue weighted by Gasteiger charge is -2.08. The van der Waals surface area contributed by atoms with Gasteiger partial charge in [0.15, 0.2) is 0 Å². The third-order valence-corrected chi connectivity index (χ3v) is 3.79. The number of rotatable bonds is 4. The zero-order valence-corrected chi connectivity index (χ0v) is 14.8. The quantitative estimate of drug-likeness (QED) is 0.293. The van der Waals surface area contributed by atoms with Gasteiger partial charge in [-0.1, -0.05) is 37.0 Å². The highest BCUT2D eigenvalue weighted by molar-refractivity contribution is 9.10. The van der Waals surface area contributed by atoms with Crippen molar-refractivity contribution in [3.63, 3.8) is 0 Å². The molecule has 2 aromatic carbocycles. The summed E-state index contributed by atoms with van der Waals surface area (Å²) in [6.45, 7) is 0. The summed E-state index contributed by atoms with van der Waals surface area (Å²) < 4.78 is 1.69. The van der Waals surface area contributed by atoms with Crippen molar-refractivity contribution in [1.29, 1.82) is 0 Å². The van der Waals surface area contributed by atoms with Crippen LogP contribution in [0.5, 0.6) is 0 Å². The third kappa shape index (κ3) is 4.90. The fourth-order valence-corrected chi connectivity index (χ4v) is 2.17. The Morgan fingerprint density at radius 1 is 0.783 bits per heavy atom. The molecule has 0 saturated heterocycles. The second kappa shape index (κ2) is 7.89. The van der Waals surface area contributed by atoms with E-state index in [0.29, 0.717) is 11.4 Å². The van der Waals surface area contributed by atoms with E-state index >= 15 is 0 Å². The van der Waals surface area contributed by atoms with Crippen molar-refractivity contribution in [3.8, 4) is 0 Å². The molecule has 23 heavy (non-hydrogen) atoms. The van der Waals surface area contributed by atoms with Crippen LogP contribution in [0, 0.1) is 0 Å². The molecular weight excluding hydrogens is 430 g/mol. The summed E-state index contributed by atoms with van der Waals surface area (Å²) in [5.74, 6) is -1.63. The minimum Gasteiger partial charge on any atom is -0.410 e. The number of benzene rings is 2. The molecule has 0 unspecified atom stereocenters. The van der Waals surface area contributed by atoms with Gasteiger partial charge in [-0.05, 0) is 48.5 Å². The van der Waals surface area contributed by atoms with Crippen LogP contribution in [0.15, 0.2) is 62.6 Å². The summed E-state index contributed by atoms with van der Waals surface area (Å²) in [6, 6.07) is 13.5. The van der Waals surface area contributed by atoms with Crippen molar-refractivity contribution < 1.29 is 14.8 Å². The molecule has 0 aliphatic carbocycles. The van der Waals surface area contributed by atoms with Gasteiger partial charge in [-0.2, -0.15) is 0 Å². The molecule has 0 aliphatic rings. The Morgan fingerprint density at radius 2 is 1.13 bits per heavy atom. The van der Waals surface area contributed by atoms with Crippen molar-refractivity contribution in [2.75, 3.05) is 10.6 Å². The number of oxime groups is 1. The fraction of sp³-hybridized carbons (Fsp3) is 0. The van der Waals surface area contributed by atoms with Gasteiger partial charge < -0.3 is 15.8 Å². The molecule has 0 aliphatic heterocycles. The lowest BCUT2D eigenvalue weighted by molar-refractivity contribution is -0.114. The Hall–Kier alpha value is -2.19. The molecule has 0 aromatic heterocycles. The Bertz CT molecular complexity index is 682. The molecule has 0 spiro atoms. The normalized spacial score (nSPS) is 9.83. The summed E-state index contributed by atoms with van der Waals surface area (Å²) in [6.07, 6.45) is 0. The molecular formula is C15H11Br2N3O3. The average Bonchev–Trinajstić information content (AvgIpc) is 2.52. The van der Waals surface area contributed by atoms with E-state index in [0.717, 1.165) is 8.95 Å². The molecule has 6 nitrogen and oxygen atoms in total. The summed E-state index contributed by atoms with van der Waals surface area (Å²) in [5, 5.41) is 16.7. The standard InChI is InChI=1S/C15H11Br2N3O3/c16-9-1-5-11(6-2-9)18-14(21)13(20-23)15(22)19-12-7-3-10(17)4-8-12/h1-8,23H,(H,18,21)(H,19,22). The predicted octanol–water partition coefficient (Wildman–Crippen LogP) is 3.62. The van der Waals surface area contributed by atoms with Gasteiger partial charge >= 0.3 is 0 Å². The fourth-order valence-electron chi connectivity index (χ4n) is 1.64. The van der Waals surface area contributed by atoms with E-state index in [9.17, 15) is 9.59 Å². The second-order valence-corrected chi connectivity index (χ2v) is 6.20. The predicted molar refractivity (Wildman–Crippen MR) is 94.8 cm³/mol. The number of nitrogens with zero attached hydrogens (tertiary/aromatic N) is 1. The molecule has 0 saturated carbocycles. The number of carbonyl (C=O) groups is 2. The number of anilines is 2. The van der Waals surface area contributed by atoms with E-state index in [1.54, 1.807) is 48.5 Å². The third-order valence-electron chi connectivity index (χ3n) is 2.73. The summed E-state index contributed by atoms with van der Waals surface area (Å²) in [7, 11) is 0. The molecule has 0 radical (unpaired) electrons. The monoisotopic (exact) mass is 439 g/mol. The smallest absolute Gasteiger partial charge is 0.283 e. The maximum absolute atomic E-state index is 12.0. The van der Waals surface area contributed by atoms with Gasteiger partial charge in [-0.15, -0.1) is 0 Å². The Balaban J connectivity index is 2.06. The Labute approximate surface area is 148 Å². The molecule has 2 aromatic rings. The van der Waals surface area contributed by atoms with Crippen LogP contribution in [-0.4, -0.2) is 22.7 Å². The first-order chi connectivity index (χ1) is 11.0. The molecule has 0 heterocycles. The van der Waals surface area contributed by atoms with Gasteiger partial charge in [0.05, 0.1) is 0 Å². The van der Waals surface area contributed by atoms with Crippen LogP contribution in [0.4, 0.5) is 11.4 Å². The van der Waals surface area contributed by atoms with Crippen molar-refractivity contribution in [2.24, 2.45) is 5.16 Å². The first-order valence-corrected chi connectivity index (χ1v) is 7.94. The van der Waals surface area contributed by atoms with Crippen LogP contribution >= 0.6 is 31.9 Å². The van der Waals surface area contributed by atoms with E-state index in [4.69, 9.17) is 5.21 Å². The minimum atomic E-state index is -0.815.